The highest BCUT2D eigenvalue weighted by molar-refractivity contribution is 6.29. The van der Waals surface area contributed by atoms with E-state index in [0.29, 0.717) is 17.6 Å². The van der Waals surface area contributed by atoms with Crippen LogP contribution in [0.15, 0.2) is 24.4 Å². The molecule has 0 aliphatic carbocycles. The van der Waals surface area contributed by atoms with E-state index in [1.54, 1.807) is 24.4 Å². The average Bonchev–Trinajstić information content (AvgIpc) is 2.44. The van der Waals surface area contributed by atoms with Gasteiger partial charge in [-0.3, -0.25) is 4.79 Å². The number of carbonyl (C=O) groups is 1. The van der Waals surface area contributed by atoms with E-state index in [1.165, 1.54) is 6.08 Å². The predicted molar refractivity (Wildman–Crippen MR) is 81.4 cm³/mol. The van der Waals surface area contributed by atoms with Crippen molar-refractivity contribution in [2.24, 2.45) is 5.92 Å². The smallest absolute Gasteiger partial charge is 0.244 e. The summed E-state index contributed by atoms with van der Waals surface area (Å²) in [5.74, 6) is 0.193. The highest BCUT2D eigenvalue weighted by Gasteiger charge is 2.07. The Labute approximate surface area is 124 Å². The second kappa shape index (κ2) is 9.50. The lowest BCUT2D eigenvalue weighted by atomic mass is 10.0. The van der Waals surface area contributed by atoms with Gasteiger partial charge in [0.2, 0.25) is 5.91 Å². The van der Waals surface area contributed by atoms with Crippen molar-refractivity contribution >= 4 is 23.6 Å². The quantitative estimate of drug-likeness (QED) is 0.573. The second-order valence-corrected chi connectivity index (χ2v) is 5.05. The molecule has 1 amide bonds. The number of halogens is 1. The van der Waals surface area contributed by atoms with Crippen LogP contribution < -0.4 is 5.32 Å². The van der Waals surface area contributed by atoms with Gasteiger partial charge in [-0.1, -0.05) is 31.0 Å². The van der Waals surface area contributed by atoms with Crippen molar-refractivity contribution in [2.75, 3.05) is 13.2 Å². The van der Waals surface area contributed by atoms with Gasteiger partial charge in [-0.25, -0.2) is 4.98 Å². The molecule has 4 nitrogen and oxygen atoms in total. The molecule has 0 aliphatic rings. The number of nitrogens with zero attached hydrogens (tertiary/aromatic N) is 1. The van der Waals surface area contributed by atoms with E-state index < -0.39 is 0 Å². The Morgan fingerprint density at radius 1 is 1.50 bits per heavy atom. The molecule has 0 bridgehead atoms. The van der Waals surface area contributed by atoms with Crippen molar-refractivity contribution in [2.45, 2.75) is 26.2 Å². The molecule has 20 heavy (non-hydrogen) atoms. The third-order valence-corrected chi connectivity index (χ3v) is 3.20. The van der Waals surface area contributed by atoms with Gasteiger partial charge in [0, 0.05) is 25.4 Å². The van der Waals surface area contributed by atoms with Gasteiger partial charge in [-0.05, 0) is 36.5 Å². The number of aliphatic hydroxyl groups is 1. The molecular weight excluding hydrogens is 276 g/mol. The van der Waals surface area contributed by atoms with Crippen molar-refractivity contribution < 1.29 is 9.90 Å². The molecule has 110 valence electrons. The highest BCUT2D eigenvalue weighted by Crippen LogP contribution is 2.09. The number of rotatable bonds is 8. The minimum absolute atomic E-state index is 0.140. The van der Waals surface area contributed by atoms with Crippen LogP contribution in [0.1, 0.15) is 31.7 Å². The summed E-state index contributed by atoms with van der Waals surface area (Å²) in [7, 11) is 0. The summed E-state index contributed by atoms with van der Waals surface area (Å²) in [4.78, 5) is 15.6. The number of aliphatic hydroxyl groups excluding tert-OH is 1. The van der Waals surface area contributed by atoms with E-state index in [4.69, 9.17) is 16.7 Å². The molecule has 2 N–H and O–H groups in total. The minimum Gasteiger partial charge on any atom is -0.396 e. The SMILES string of the molecule is CCCC(CCO)CNC(=O)/C=C/c1ccc(Cl)nc1. The summed E-state index contributed by atoms with van der Waals surface area (Å²) >= 11 is 5.68. The van der Waals surface area contributed by atoms with Gasteiger partial charge < -0.3 is 10.4 Å². The van der Waals surface area contributed by atoms with E-state index in [0.717, 1.165) is 24.8 Å². The zero-order chi connectivity index (χ0) is 14.8. The molecule has 1 unspecified atom stereocenters. The van der Waals surface area contributed by atoms with Gasteiger partial charge in [0.1, 0.15) is 5.15 Å². The first-order chi connectivity index (χ1) is 9.65. The fourth-order valence-electron chi connectivity index (χ4n) is 1.90. The molecule has 0 spiro atoms. The Morgan fingerprint density at radius 3 is 2.90 bits per heavy atom. The first-order valence-corrected chi connectivity index (χ1v) is 7.21. The van der Waals surface area contributed by atoms with Crippen LogP contribution in [0.3, 0.4) is 0 Å². The molecule has 0 fully saturated rings. The van der Waals surface area contributed by atoms with Gasteiger partial charge in [-0.2, -0.15) is 0 Å². The van der Waals surface area contributed by atoms with E-state index in [9.17, 15) is 4.79 Å². The minimum atomic E-state index is -0.140. The molecular formula is C15H21ClN2O2. The molecule has 1 heterocycles. The maximum atomic E-state index is 11.7. The number of nitrogens with one attached hydrogen (secondary N) is 1. The lowest BCUT2D eigenvalue weighted by Crippen LogP contribution is -2.28. The van der Waals surface area contributed by atoms with Crippen LogP contribution in [0.4, 0.5) is 0 Å². The van der Waals surface area contributed by atoms with E-state index >= 15 is 0 Å². The van der Waals surface area contributed by atoms with Crippen molar-refractivity contribution in [1.29, 1.82) is 0 Å². The molecule has 0 radical (unpaired) electrons. The maximum Gasteiger partial charge on any atom is 0.244 e. The molecule has 1 atom stereocenters. The third kappa shape index (κ3) is 6.68. The molecule has 0 saturated heterocycles. The summed E-state index contributed by atoms with van der Waals surface area (Å²) in [6.45, 7) is 2.85. The summed E-state index contributed by atoms with van der Waals surface area (Å²) in [5.41, 5.74) is 0.824. The van der Waals surface area contributed by atoms with Gasteiger partial charge in [0.05, 0.1) is 0 Å². The number of carbonyl (C=O) groups excluding carboxylic acids is 1. The first kappa shape index (κ1) is 16.7. The Balaban J connectivity index is 2.40. The molecule has 1 aromatic heterocycles. The van der Waals surface area contributed by atoms with Crippen LogP contribution in [-0.4, -0.2) is 29.1 Å². The Morgan fingerprint density at radius 2 is 2.30 bits per heavy atom. The molecule has 1 rings (SSSR count). The van der Waals surface area contributed by atoms with Crippen LogP contribution in [0.2, 0.25) is 5.15 Å². The number of pyridine rings is 1. The largest absolute Gasteiger partial charge is 0.396 e. The topological polar surface area (TPSA) is 62.2 Å². The second-order valence-electron chi connectivity index (χ2n) is 4.66. The monoisotopic (exact) mass is 296 g/mol. The van der Waals surface area contributed by atoms with Gasteiger partial charge in [0.25, 0.3) is 0 Å². The lowest BCUT2D eigenvalue weighted by molar-refractivity contribution is -0.116. The normalized spacial score (nSPS) is 12.6. The fourth-order valence-corrected chi connectivity index (χ4v) is 2.01. The fraction of sp³-hybridized carbons (Fsp3) is 0.467. The van der Waals surface area contributed by atoms with Crippen LogP contribution in [0, 0.1) is 5.92 Å². The highest BCUT2D eigenvalue weighted by atomic mass is 35.5. The van der Waals surface area contributed by atoms with Gasteiger partial charge in [0.15, 0.2) is 0 Å². The summed E-state index contributed by atoms with van der Waals surface area (Å²) < 4.78 is 0. The van der Waals surface area contributed by atoms with Crippen molar-refractivity contribution in [3.63, 3.8) is 0 Å². The van der Waals surface area contributed by atoms with Crippen molar-refractivity contribution in [3.05, 3.63) is 35.1 Å². The van der Waals surface area contributed by atoms with Crippen LogP contribution in [0.25, 0.3) is 6.08 Å². The Bertz CT molecular complexity index is 426. The van der Waals surface area contributed by atoms with Gasteiger partial charge >= 0.3 is 0 Å². The first-order valence-electron chi connectivity index (χ1n) is 6.84. The van der Waals surface area contributed by atoms with Crippen LogP contribution in [-0.2, 0) is 4.79 Å². The molecule has 0 aromatic carbocycles. The summed E-state index contributed by atoms with van der Waals surface area (Å²) in [5, 5.41) is 12.2. The van der Waals surface area contributed by atoms with Crippen molar-refractivity contribution in [3.8, 4) is 0 Å². The summed E-state index contributed by atoms with van der Waals surface area (Å²) in [6, 6.07) is 3.47. The molecule has 1 aromatic rings. The number of amides is 1. The van der Waals surface area contributed by atoms with E-state index in [2.05, 4.69) is 17.2 Å². The maximum absolute atomic E-state index is 11.7. The predicted octanol–water partition coefficient (Wildman–Crippen LogP) is 2.66. The van der Waals surface area contributed by atoms with Crippen LogP contribution in [0.5, 0.6) is 0 Å². The summed E-state index contributed by atoms with van der Waals surface area (Å²) in [6.07, 6.45) is 7.56. The standard InChI is InChI=1S/C15H21ClN2O2/c1-2-3-12(8-9-19)11-18-15(20)7-5-13-4-6-14(16)17-10-13/h4-7,10,12,19H,2-3,8-9,11H2,1H3,(H,18,20)/b7-5+. The van der Waals surface area contributed by atoms with Gasteiger partial charge in [-0.15, -0.1) is 0 Å². The van der Waals surface area contributed by atoms with E-state index in [1.807, 2.05) is 0 Å². The number of aromatic nitrogens is 1. The van der Waals surface area contributed by atoms with Crippen LogP contribution >= 0.6 is 11.6 Å². The lowest BCUT2D eigenvalue weighted by Gasteiger charge is -2.14. The number of hydrogen-bond acceptors (Lipinski definition) is 3. The zero-order valence-corrected chi connectivity index (χ0v) is 12.4. The molecule has 0 aliphatic heterocycles. The third-order valence-electron chi connectivity index (χ3n) is 2.98. The number of hydrogen-bond donors (Lipinski definition) is 2. The van der Waals surface area contributed by atoms with E-state index in [-0.39, 0.29) is 12.5 Å². The Hall–Kier alpha value is -1.39. The van der Waals surface area contributed by atoms with Crippen molar-refractivity contribution in [1.82, 2.24) is 10.3 Å². The average molecular weight is 297 g/mol. The Kier molecular flexibility index (Phi) is 7.92. The molecule has 5 heteroatoms. The molecule has 0 saturated carbocycles. The zero-order valence-electron chi connectivity index (χ0n) is 11.7.